The van der Waals surface area contributed by atoms with Crippen LogP contribution in [0.2, 0.25) is 0 Å². The number of rotatable bonds is 4. The molecule has 1 atom stereocenters. The quantitative estimate of drug-likeness (QED) is 0.495. The maximum atomic E-state index is 11.7. The number of amides is 1. The van der Waals surface area contributed by atoms with E-state index in [1.165, 1.54) is 18.2 Å². The second-order valence-electron chi connectivity index (χ2n) is 4.73. The molecule has 6 heteroatoms. The van der Waals surface area contributed by atoms with Gasteiger partial charge in [0.2, 0.25) is 5.91 Å². The van der Waals surface area contributed by atoms with Gasteiger partial charge in [0.1, 0.15) is 0 Å². The maximum absolute atomic E-state index is 11.7. The summed E-state index contributed by atoms with van der Waals surface area (Å²) >= 11 is 0. The van der Waals surface area contributed by atoms with Crippen LogP contribution in [0.3, 0.4) is 0 Å². The van der Waals surface area contributed by atoms with Crippen molar-refractivity contribution in [1.82, 2.24) is 10.6 Å². The number of nitrogens with zero attached hydrogens (tertiary/aromatic N) is 1. The molecule has 2 rings (SSSR count). The van der Waals surface area contributed by atoms with E-state index in [2.05, 4.69) is 10.6 Å². The minimum absolute atomic E-state index is 0.0416. The Morgan fingerprint density at radius 1 is 1.40 bits per heavy atom. The Hall–Kier alpha value is -2.21. The fourth-order valence-electron chi connectivity index (χ4n) is 2.10. The number of nitro benzene ring substituents is 1. The third kappa shape index (κ3) is 4.17. The Bertz CT molecular complexity index is 505. The average molecular weight is 275 g/mol. The second-order valence-corrected chi connectivity index (χ2v) is 4.73. The van der Waals surface area contributed by atoms with E-state index in [0.717, 1.165) is 31.5 Å². The average Bonchev–Trinajstić information content (AvgIpc) is 2.46. The van der Waals surface area contributed by atoms with E-state index in [0.29, 0.717) is 0 Å². The number of carbonyl (C=O) groups is 1. The summed E-state index contributed by atoms with van der Waals surface area (Å²) in [6, 6.07) is 6.25. The number of hydrogen-bond acceptors (Lipinski definition) is 4. The van der Waals surface area contributed by atoms with E-state index in [-0.39, 0.29) is 17.6 Å². The fraction of sp³-hybridized carbons (Fsp3) is 0.357. The highest BCUT2D eigenvalue weighted by molar-refractivity contribution is 5.91. The van der Waals surface area contributed by atoms with Gasteiger partial charge in [-0.3, -0.25) is 14.9 Å². The summed E-state index contributed by atoms with van der Waals surface area (Å²) < 4.78 is 0. The van der Waals surface area contributed by atoms with Crippen LogP contribution in [0.1, 0.15) is 18.4 Å². The number of hydrogen-bond donors (Lipinski definition) is 2. The van der Waals surface area contributed by atoms with E-state index in [4.69, 9.17) is 0 Å². The predicted octanol–water partition coefficient (Wildman–Crippen LogP) is 1.48. The summed E-state index contributed by atoms with van der Waals surface area (Å²) in [6.07, 6.45) is 5.16. The fourth-order valence-corrected chi connectivity index (χ4v) is 2.10. The molecular weight excluding hydrogens is 258 g/mol. The van der Waals surface area contributed by atoms with E-state index < -0.39 is 4.92 Å². The van der Waals surface area contributed by atoms with E-state index in [1.54, 1.807) is 18.2 Å². The number of benzene rings is 1. The smallest absolute Gasteiger partial charge is 0.269 e. The van der Waals surface area contributed by atoms with Crippen molar-refractivity contribution in [2.45, 2.75) is 18.9 Å². The summed E-state index contributed by atoms with van der Waals surface area (Å²) in [4.78, 5) is 21.8. The van der Waals surface area contributed by atoms with Crippen LogP contribution in [0.5, 0.6) is 0 Å². The molecule has 0 spiro atoms. The number of piperidine rings is 1. The lowest BCUT2D eigenvalue weighted by Gasteiger charge is -2.23. The van der Waals surface area contributed by atoms with Crippen LogP contribution in [0, 0.1) is 10.1 Å². The number of nitrogens with one attached hydrogen (secondary N) is 2. The highest BCUT2D eigenvalue weighted by Gasteiger charge is 2.13. The molecule has 1 unspecified atom stereocenters. The molecule has 1 aliphatic rings. The molecule has 1 aromatic carbocycles. The third-order valence-electron chi connectivity index (χ3n) is 3.17. The van der Waals surface area contributed by atoms with Gasteiger partial charge in [0, 0.05) is 30.8 Å². The van der Waals surface area contributed by atoms with Gasteiger partial charge >= 0.3 is 0 Å². The van der Waals surface area contributed by atoms with E-state index >= 15 is 0 Å². The van der Waals surface area contributed by atoms with Gasteiger partial charge in [-0.2, -0.15) is 0 Å². The molecule has 1 aromatic rings. The first-order chi connectivity index (χ1) is 9.65. The highest BCUT2D eigenvalue weighted by atomic mass is 16.6. The van der Waals surface area contributed by atoms with Crippen molar-refractivity contribution in [2.75, 3.05) is 13.1 Å². The molecule has 1 fully saturated rings. The molecule has 0 aromatic heterocycles. The first-order valence-corrected chi connectivity index (χ1v) is 6.59. The molecule has 1 amide bonds. The van der Waals surface area contributed by atoms with Crippen LogP contribution < -0.4 is 10.6 Å². The molecule has 0 bridgehead atoms. The molecule has 2 N–H and O–H groups in total. The van der Waals surface area contributed by atoms with Gasteiger partial charge in [0.15, 0.2) is 0 Å². The van der Waals surface area contributed by atoms with Crippen LogP contribution in [-0.2, 0) is 4.79 Å². The second kappa shape index (κ2) is 6.81. The number of carbonyl (C=O) groups excluding carboxylic acids is 1. The molecule has 0 saturated carbocycles. The Kier molecular flexibility index (Phi) is 4.84. The largest absolute Gasteiger partial charge is 0.349 e. The van der Waals surface area contributed by atoms with Gasteiger partial charge in [0.25, 0.3) is 5.69 Å². The molecule has 0 aliphatic carbocycles. The van der Waals surface area contributed by atoms with Crippen molar-refractivity contribution >= 4 is 17.7 Å². The van der Waals surface area contributed by atoms with Crippen molar-refractivity contribution in [3.8, 4) is 0 Å². The van der Waals surface area contributed by atoms with Crippen LogP contribution in [-0.4, -0.2) is 30.0 Å². The predicted molar refractivity (Wildman–Crippen MR) is 76.2 cm³/mol. The summed E-state index contributed by atoms with van der Waals surface area (Å²) in [5.41, 5.74) is 0.799. The molecule has 0 radical (unpaired) electrons. The zero-order valence-electron chi connectivity index (χ0n) is 11.0. The van der Waals surface area contributed by atoms with Crippen molar-refractivity contribution in [1.29, 1.82) is 0 Å². The zero-order valence-corrected chi connectivity index (χ0v) is 11.0. The summed E-state index contributed by atoms with van der Waals surface area (Å²) in [5.74, 6) is -0.142. The van der Waals surface area contributed by atoms with Crippen molar-refractivity contribution in [3.63, 3.8) is 0 Å². The Labute approximate surface area is 117 Å². The monoisotopic (exact) mass is 275 g/mol. The summed E-state index contributed by atoms with van der Waals surface area (Å²) in [6.45, 7) is 1.81. The van der Waals surface area contributed by atoms with Gasteiger partial charge in [-0.25, -0.2) is 0 Å². The standard InChI is InChI=1S/C14H17N3O3/c18-14(16-12-2-1-9-15-10-12)8-5-11-3-6-13(7-4-11)17(19)20/h3-8,12,15H,1-2,9-10H2,(H,16,18). The van der Waals surface area contributed by atoms with Crippen LogP contribution >= 0.6 is 0 Å². The van der Waals surface area contributed by atoms with Crippen LogP contribution in [0.15, 0.2) is 30.3 Å². The molecular formula is C14H17N3O3. The van der Waals surface area contributed by atoms with Gasteiger partial charge in [-0.15, -0.1) is 0 Å². The van der Waals surface area contributed by atoms with Crippen LogP contribution in [0.4, 0.5) is 5.69 Å². The van der Waals surface area contributed by atoms with E-state index in [9.17, 15) is 14.9 Å². The normalized spacial score (nSPS) is 18.9. The van der Waals surface area contributed by atoms with Gasteiger partial charge in [-0.1, -0.05) is 0 Å². The first-order valence-electron chi connectivity index (χ1n) is 6.59. The Morgan fingerprint density at radius 3 is 2.75 bits per heavy atom. The van der Waals surface area contributed by atoms with Crippen molar-refractivity contribution in [3.05, 3.63) is 46.0 Å². The molecule has 6 nitrogen and oxygen atoms in total. The molecule has 1 aliphatic heterocycles. The van der Waals surface area contributed by atoms with Crippen molar-refractivity contribution < 1.29 is 9.72 Å². The van der Waals surface area contributed by atoms with E-state index in [1.807, 2.05) is 0 Å². The minimum Gasteiger partial charge on any atom is -0.349 e. The first kappa shape index (κ1) is 14.2. The lowest BCUT2D eigenvalue weighted by atomic mass is 10.1. The minimum atomic E-state index is -0.448. The molecule has 106 valence electrons. The number of nitro groups is 1. The SMILES string of the molecule is O=C(C=Cc1ccc([N+](=O)[O-])cc1)NC1CCCNC1. The van der Waals surface area contributed by atoms with Gasteiger partial charge < -0.3 is 10.6 Å². The summed E-state index contributed by atoms with van der Waals surface area (Å²) in [5, 5.41) is 16.7. The maximum Gasteiger partial charge on any atom is 0.269 e. The van der Waals surface area contributed by atoms with Crippen LogP contribution in [0.25, 0.3) is 6.08 Å². The molecule has 1 heterocycles. The topological polar surface area (TPSA) is 84.3 Å². The molecule has 1 saturated heterocycles. The lowest BCUT2D eigenvalue weighted by molar-refractivity contribution is -0.384. The third-order valence-corrected chi connectivity index (χ3v) is 3.17. The van der Waals surface area contributed by atoms with Gasteiger partial charge in [0.05, 0.1) is 4.92 Å². The number of non-ortho nitro benzene ring substituents is 1. The Morgan fingerprint density at radius 2 is 2.15 bits per heavy atom. The lowest BCUT2D eigenvalue weighted by Crippen LogP contribution is -2.45. The summed E-state index contributed by atoms with van der Waals surface area (Å²) in [7, 11) is 0. The Balaban J connectivity index is 1.87. The van der Waals surface area contributed by atoms with Gasteiger partial charge in [-0.05, 0) is 43.2 Å². The highest BCUT2D eigenvalue weighted by Crippen LogP contribution is 2.12. The van der Waals surface area contributed by atoms with Crippen molar-refractivity contribution in [2.24, 2.45) is 0 Å². The zero-order chi connectivity index (χ0) is 14.4. The molecule has 20 heavy (non-hydrogen) atoms.